The van der Waals surface area contributed by atoms with Gasteiger partial charge < -0.3 is 9.73 Å². The van der Waals surface area contributed by atoms with Gasteiger partial charge in [-0.1, -0.05) is 31.9 Å². The number of furan rings is 1. The molecule has 1 aromatic heterocycles. The van der Waals surface area contributed by atoms with E-state index in [4.69, 9.17) is 4.42 Å². The fraction of sp³-hybridized carbons (Fsp3) is 0.167. The number of nitrogens with one attached hydrogen (secondary N) is 1. The first-order valence-corrected chi connectivity index (χ1v) is 7.36. The van der Waals surface area contributed by atoms with E-state index in [1.165, 1.54) is 0 Å². The summed E-state index contributed by atoms with van der Waals surface area (Å²) in [6.45, 7) is 0. The summed E-state index contributed by atoms with van der Waals surface area (Å²) >= 11 is 10.5. The maximum Gasteiger partial charge on any atom is 0.139 e. The lowest BCUT2D eigenvalue weighted by Gasteiger charge is -2.17. The quantitative estimate of drug-likeness (QED) is 0.761. The lowest BCUT2D eigenvalue weighted by molar-refractivity contribution is 0.460. The molecule has 1 unspecified atom stereocenters. The van der Waals surface area contributed by atoms with Crippen LogP contribution in [0, 0.1) is 0 Å². The van der Waals surface area contributed by atoms with Crippen molar-refractivity contribution in [3.8, 4) is 0 Å². The minimum absolute atomic E-state index is 0.00579. The second-order valence-corrected chi connectivity index (χ2v) is 6.14. The second-order valence-electron chi connectivity index (χ2n) is 3.52. The molecule has 17 heavy (non-hydrogen) atoms. The van der Waals surface area contributed by atoms with Crippen molar-refractivity contribution >= 4 is 47.8 Å². The number of benzene rings is 1. The average Bonchev–Trinajstić information content (AvgIpc) is 2.71. The molecule has 1 atom stereocenters. The minimum Gasteiger partial charge on any atom is -0.466 e. The summed E-state index contributed by atoms with van der Waals surface area (Å²) in [4.78, 5) is 0. The molecular formula is C12H10Br3NO. The lowest BCUT2D eigenvalue weighted by Crippen LogP contribution is -2.18. The van der Waals surface area contributed by atoms with Gasteiger partial charge in [-0.3, -0.25) is 0 Å². The minimum atomic E-state index is 0.00579. The summed E-state index contributed by atoms with van der Waals surface area (Å²) in [6, 6.07) is 7.98. The standard InChI is InChI=1S/C12H10Br3NO/c1-16-11(12-10(15)4-5-17-12)8-6-7(13)2-3-9(8)14/h2-6,11,16H,1H3. The Labute approximate surface area is 125 Å². The Hall–Kier alpha value is -0.100. The number of halogens is 3. The van der Waals surface area contributed by atoms with Crippen LogP contribution >= 0.6 is 47.8 Å². The van der Waals surface area contributed by atoms with E-state index in [1.54, 1.807) is 6.26 Å². The summed E-state index contributed by atoms with van der Waals surface area (Å²) in [5.74, 6) is 0.867. The highest BCUT2D eigenvalue weighted by molar-refractivity contribution is 9.11. The van der Waals surface area contributed by atoms with Gasteiger partial charge in [0.15, 0.2) is 0 Å². The van der Waals surface area contributed by atoms with Gasteiger partial charge in [0.1, 0.15) is 5.76 Å². The first kappa shape index (κ1) is 13.3. The van der Waals surface area contributed by atoms with Gasteiger partial charge in [0.2, 0.25) is 0 Å². The number of rotatable bonds is 3. The van der Waals surface area contributed by atoms with E-state index in [0.717, 1.165) is 24.7 Å². The Kier molecular flexibility index (Phi) is 4.47. The maximum absolute atomic E-state index is 5.52. The van der Waals surface area contributed by atoms with Crippen molar-refractivity contribution in [3.63, 3.8) is 0 Å². The van der Waals surface area contributed by atoms with Gasteiger partial charge in [-0.05, 0) is 52.8 Å². The van der Waals surface area contributed by atoms with Crippen molar-refractivity contribution in [2.24, 2.45) is 0 Å². The summed E-state index contributed by atoms with van der Waals surface area (Å²) < 4.78 is 8.57. The second kappa shape index (κ2) is 5.69. The van der Waals surface area contributed by atoms with Gasteiger partial charge in [-0.25, -0.2) is 0 Å². The molecule has 1 aromatic carbocycles. The van der Waals surface area contributed by atoms with Crippen LogP contribution in [0.2, 0.25) is 0 Å². The molecule has 0 aliphatic heterocycles. The molecule has 0 aliphatic carbocycles. The van der Waals surface area contributed by atoms with Gasteiger partial charge in [-0.15, -0.1) is 0 Å². The average molecular weight is 424 g/mol. The molecule has 2 aromatic rings. The Balaban J connectivity index is 2.49. The van der Waals surface area contributed by atoms with Crippen LogP contribution in [0.15, 0.2) is 48.4 Å². The zero-order chi connectivity index (χ0) is 12.4. The number of hydrogen-bond donors (Lipinski definition) is 1. The van der Waals surface area contributed by atoms with Gasteiger partial charge >= 0.3 is 0 Å². The molecule has 90 valence electrons. The molecule has 0 aliphatic rings. The van der Waals surface area contributed by atoms with Crippen LogP contribution < -0.4 is 5.32 Å². The van der Waals surface area contributed by atoms with Crippen LogP contribution in [0.1, 0.15) is 17.4 Å². The predicted molar refractivity (Wildman–Crippen MR) is 79.2 cm³/mol. The third-order valence-corrected chi connectivity index (χ3v) is 4.34. The van der Waals surface area contributed by atoms with Crippen molar-refractivity contribution < 1.29 is 4.42 Å². The predicted octanol–water partition coefficient (Wildman–Crippen LogP) is 4.88. The van der Waals surface area contributed by atoms with Crippen molar-refractivity contribution in [2.75, 3.05) is 7.05 Å². The maximum atomic E-state index is 5.52. The van der Waals surface area contributed by atoms with Crippen LogP contribution in [0.25, 0.3) is 0 Å². The molecule has 1 heterocycles. The normalized spacial score (nSPS) is 12.7. The van der Waals surface area contributed by atoms with E-state index >= 15 is 0 Å². The topological polar surface area (TPSA) is 25.2 Å². The highest BCUT2D eigenvalue weighted by atomic mass is 79.9. The van der Waals surface area contributed by atoms with E-state index in [2.05, 4.69) is 59.2 Å². The zero-order valence-corrected chi connectivity index (χ0v) is 13.8. The molecule has 2 nitrogen and oxygen atoms in total. The largest absolute Gasteiger partial charge is 0.466 e. The number of hydrogen-bond acceptors (Lipinski definition) is 2. The summed E-state index contributed by atoms with van der Waals surface area (Å²) in [5.41, 5.74) is 1.12. The van der Waals surface area contributed by atoms with E-state index in [1.807, 2.05) is 25.2 Å². The highest BCUT2D eigenvalue weighted by Gasteiger charge is 2.20. The van der Waals surface area contributed by atoms with Crippen molar-refractivity contribution in [3.05, 3.63) is 55.3 Å². The summed E-state index contributed by atoms with van der Waals surface area (Å²) in [6.07, 6.45) is 1.68. The van der Waals surface area contributed by atoms with Crippen molar-refractivity contribution in [1.29, 1.82) is 0 Å². The molecule has 0 amide bonds. The van der Waals surface area contributed by atoms with Crippen LogP contribution in [-0.2, 0) is 0 Å². The first-order valence-electron chi connectivity index (χ1n) is 4.98. The third-order valence-electron chi connectivity index (χ3n) is 2.46. The molecular weight excluding hydrogens is 414 g/mol. The molecule has 5 heteroatoms. The Morgan fingerprint density at radius 2 is 1.88 bits per heavy atom. The first-order chi connectivity index (χ1) is 8.13. The van der Waals surface area contributed by atoms with Crippen molar-refractivity contribution in [2.45, 2.75) is 6.04 Å². The Morgan fingerprint density at radius 1 is 1.12 bits per heavy atom. The zero-order valence-electron chi connectivity index (χ0n) is 9.01. The van der Waals surface area contributed by atoms with E-state index in [0.29, 0.717) is 0 Å². The van der Waals surface area contributed by atoms with Crippen molar-refractivity contribution in [1.82, 2.24) is 5.32 Å². The summed E-state index contributed by atoms with van der Waals surface area (Å²) in [7, 11) is 1.91. The lowest BCUT2D eigenvalue weighted by atomic mass is 10.1. The molecule has 0 radical (unpaired) electrons. The molecule has 0 spiro atoms. The Morgan fingerprint density at radius 3 is 2.47 bits per heavy atom. The molecule has 1 N–H and O–H groups in total. The molecule has 0 saturated carbocycles. The Bertz CT molecular complexity index is 524. The van der Waals surface area contributed by atoms with Crippen LogP contribution in [-0.4, -0.2) is 7.05 Å². The van der Waals surface area contributed by atoms with E-state index < -0.39 is 0 Å². The SMILES string of the molecule is CNC(c1cc(Br)ccc1Br)c1occc1Br. The highest BCUT2D eigenvalue weighted by Crippen LogP contribution is 2.34. The van der Waals surface area contributed by atoms with Crippen LogP contribution in [0.3, 0.4) is 0 Å². The fourth-order valence-corrected chi connectivity index (χ4v) is 2.96. The molecule has 2 rings (SSSR count). The van der Waals surface area contributed by atoms with Gasteiger partial charge in [-0.2, -0.15) is 0 Å². The van der Waals surface area contributed by atoms with Gasteiger partial charge in [0.25, 0.3) is 0 Å². The smallest absolute Gasteiger partial charge is 0.139 e. The van der Waals surface area contributed by atoms with Gasteiger partial charge in [0.05, 0.1) is 16.8 Å². The van der Waals surface area contributed by atoms with Crippen LogP contribution in [0.4, 0.5) is 0 Å². The molecule has 0 bridgehead atoms. The molecule has 0 saturated heterocycles. The van der Waals surface area contributed by atoms with Gasteiger partial charge in [0, 0.05) is 8.95 Å². The third kappa shape index (κ3) is 2.84. The van der Waals surface area contributed by atoms with E-state index in [9.17, 15) is 0 Å². The summed E-state index contributed by atoms with van der Waals surface area (Å²) in [5, 5.41) is 3.26. The molecule has 0 fully saturated rings. The van der Waals surface area contributed by atoms with Crippen LogP contribution in [0.5, 0.6) is 0 Å². The van der Waals surface area contributed by atoms with E-state index in [-0.39, 0.29) is 6.04 Å². The monoisotopic (exact) mass is 421 g/mol. The fourth-order valence-electron chi connectivity index (χ4n) is 1.68.